The van der Waals surface area contributed by atoms with E-state index in [1.54, 1.807) is 0 Å². The van der Waals surface area contributed by atoms with E-state index in [9.17, 15) is 14.4 Å². The summed E-state index contributed by atoms with van der Waals surface area (Å²) in [4.78, 5) is 36.9. The van der Waals surface area contributed by atoms with Gasteiger partial charge in [-0.05, 0) is 51.3 Å². The fourth-order valence-electron chi connectivity index (χ4n) is 2.94. The molecule has 0 saturated carbocycles. The van der Waals surface area contributed by atoms with Crippen molar-refractivity contribution in [2.75, 3.05) is 19.6 Å². The number of benzene rings is 1. The molecule has 1 aromatic rings. The van der Waals surface area contributed by atoms with E-state index < -0.39 is 11.9 Å². The molecule has 0 aromatic heterocycles. The van der Waals surface area contributed by atoms with Crippen molar-refractivity contribution in [3.05, 3.63) is 48.0 Å². The zero-order valence-electron chi connectivity index (χ0n) is 17.5. The molecule has 1 aromatic carbocycles. The molecule has 30 heavy (non-hydrogen) atoms. The van der Waals surface area contributed by atoms with Gasteiger partial charge in [0, 0.05) is 24.4 Å². The highest BCUT2D eigenvalue weighted by Crippen LogP contribution is 2.26. The molecule has 1 aliphatic heterocycles. The van der Waals surface area contributed by atoms with Crippen LogP contribution in [0.4, 0.5) is 4.79 Å². The standard InChI is InChI=1S/C18H26N2OS.C4H4O4/c1-3-12-20(14-11-16-8-5-4-6-9-16)13-7-10-17-15(2)19-18(21)22-17;5-3(6)1-2-4(7)8/h4-6,8-9,17H,3,7,10-14H2,1-2H3;1-2H,(H,5,6)(H,7,8)/b;2-1+. The number of aliphatic imine (C=N–C) groups is 1. The molecule has 0 aliphatic carbocycles. The van der Waals surface area contributed by atoms with Crippen LogP contribution in [0.5, 0.6) is 0 Å². The number of amides is 1. The first kappa shape index (κ1) is 25.6. The van der Waals surface area contributed by atoms with Crippen LogP contribution in [0.15, 0.2) is 47.5 Å². The Morgan fingerprint density at radius 2 is 1.73 bits per heavy atom. The van der Waals surface area contributed by atoms with Crippen LogP contribution in [0.1, 0.15) is 38.7 Å². The number of hydrogen-bond donors (Lipinski definition) is 2. The molecule has 2 N–H and O–H groups in total. The minimum atomic E-state index is -1.26. The molecule has 2 rings (SSSR count). The first-order valence-electron chi connectivity index (χ1n) is 9.97. The predicted molar refractivity (Wildman–Crippen MR) is 120 cm³/mol. The molecule has 0 bridgehead atoms. The van der Waals surface area contributed by atoms with Gasteiger partial charge in [0.05, 0.1) is 5.25 Å². The molecule has 1 aliphatic rings. The van der Waals surface area contributed by atoms with Crippen molar-refractivity contribution in [3.63, 3.8) is 0 Å². The van der Waals surface area contributed by atoms with Crippen molar-refractivity contribution in [3.8, 4) is 0 Å². The highest BCUT2D eigenvalue weighted by atomic mass is 32.2. The maximum absolute atomic E-state index is 11.3. The number of thioether (sulfide) groups is 1. The van der Waals surface area contributed by atoms with Gasteiger partial charge in [-0.3, -0.25) is 4.79 Å². The molecule has 7 nitrogen and oxygen atoms in total. The number of carboxylic acid groups (broad SMARTS) is 2. The van der Waals surface area contributed by atoms with E-state index in [-0.39, 0.29) is 5.24 Å². The number of carbonyl (C=O) groups excluding carboxylic acids is 1. The lowest BCUT2D eigenvalue weighted by molar-refractivity contribution is -0.134. The fourth-order valence-corrected chi connectivity index (χ4v) is 3.89. The summed E-state index contributed by atoms with van der Waals surface area (Å²) < 4.78 is 0. The molecule has 0 radical (unpaired) electrons. The third kappa shape index (κ3) is 11.5. The topological polar surface area (TPSA) is 107 Å². The third-order valence-electron chi connectivity index (χ3n) is 4.39. The molecule has 0 saturated heterocycles. The van der Waals surface area contributed by atoms with Gasteiger partial charge in [-0.15, -0.1) is 0 Å². The molecule has 164 valence electrons. The molecule has 8 heteroatoms. The highest BCUT2D eigenvalue weighted by Gasteiger charge is 2.24. The zero-order valence-corrected chi connectivity index (χ0v) is 18.3. The van der Waals surface area contributed by atoms with Crippen molar-refractivity contribution >= 4 is 34.7 Å². The third-order valence-corrected chi connectivity index (χ3v) is 5.54. The summed E-state index contributed by atoms with van der Waals surface area (Å²) in [6, 6.07) is 10.7. The summed E-state index contributed by atoms with van der Waals surface area (Å²) in [6.45, 7) is 7.58. The van der Waals surface area contributed by atoms with Crippen LogP contribution in [0.25, 0.3) is 0 Å². The number of nitrogens with zero attached hydrogens (tertiary/aromatic N) is 2. The second-order valence-corrected chi connectivity index (χ2v) is 8.01. The smallest absolute Gasteiger partial charge is 0.328 e. The number of carboxylic acids is 2. The Morgan fingerprint density at radius 1 is 1.10 bits per heavy atom. The minimum absolute atomic E-state index is 0.0167. The van der Waals surface area contributed by atoms with E-state index in [1.807, 2.05) is 6.92 Å². The van der Waals surface area contributed by atoms with Crippen molar-refractivity contribution in [1.29, 1.82) is 0 Å². The summed E-state index contributed by atoms with van der Waals surface area (Å²) in [5.41, 5.74) is 2.41. The SMILES string of the molecule is CCCN(CCCC1SC(=O)N=C1C)CCc1ccccc1.O=C(O)/C=C/C(=O)O. The van der Waals surface area contributed by atoms with Gasteiger partial charge in [-0.1, -0.05) is 49.0 Å². The van der Waals surface area contributed by atoms with Crippen molar-refractivity contribution < 1.29 is 24.6 Å². The van der Waals surface area contributed by atoms with Gasteiger partial charge < -0.3 is 15.1 Å². The van der Waals surface area contributed by atoms with E-state index in [0.29, 0.717) is 17.4 Å². The first-order chi connectivity index (χ1) is 14.3. The van der Waals surface area contributed by atoms with Crippen molar-refractivity contribution in [2.24, 2.45) is 4.99 Å². The van der Waals surface area contributed by atoms with Crippen LogP contribution in [0.2, 0.25) is 0 Å². The number of hydrogen-bond acceptors (Lipinski definition) is 5. The molecule has 0 fully saturated rings. The largest absolute Gasteiger partial charge is 0.478 e. The Morgan fingerprint density at radius 3 is 2.23 bits per heavy atom. The zero-order chi connectivity index (χ0) is 22.4. The first-order valence-corrected chi connectivity index (χ1v) is 10.9. The van der Waals surface area contributed by atoms with Crippen LogP contribution < -0.4 is 0 Å². The van der Waals surface area contributed by atoms with E-state index in [4.69, 9.17) is 10.2 Å². The molecule has 1 unspecified atom stereocenters. The molecular weight excluding hydrogens is 404 g/mol. The fraction of sp³-hybridized carbons (Fsp3) is 0.455. The van der Waals surface area contributed by atoms with Crippen LogP contribution >= 0.6 is 11.8 Å². The minimum Gasteiger partial charge on any atom is -0.478 e. The second kappa shape index (κ2) is 14.5. The van der Waals surface area contributed by atoms with Crippen LogP contribution in [-0.2, 0) is 16.0 Å². The number of aliphatic carboxylic acids is 2. The Kier molecular flexibility index (Phi) is 12.4. The molecule has 1 amide bonds. The summed E-state index contributed by atoms with van der Waals surface area (Å²) in [5, 5.41) is 15.9. The summed E-state index contributed by atoms with van der Waals surface area (Å²) in [5.74, 6) is -2.51. The predicted octanol–water partition coefficient (Wildman–Crippen LogP) is 4.13. The molecule has 0 spiro atoms. The highest BCUT2D eigenvalue weighted by molar-refractivity contribution is 8.15. The maximum Gasteiger partial charge on any atom is 0.328 e. The van der Waals surface area contributed by atoms with Crippen LogP contribution in [0.3, 0.4) is 0 Å². The normalized spacial score (nSPS) is 15.8. The summed E-state index contributed by atoms with van der Waals surface area (Å²) in [7, 11) is 0. The Balaban J connectivity index is 0.000000479. The van der Waals surface area contributed by atoms with Gasteiger partial charge in [0.15, 0.2) is 0 Å². The Hall–Kier alpha value is -2.45. The maximum atomic E-state index is 11.3. The van der Waals surface area contributed by atoms with Gasteiger partial charge in [-0.25, -0.2) is 14.6 Å². The van der Waals surface area contributed by atoms with Gasteiger partial charge in [0.25, 0.3) is 0 Å². The quantitative estimate of drug-likeness (QED) is 0.504. The summed E-state index contributed by atoms with van der Waals surface area (Å²) >= 11 is 1.39. The van der Waals surface area contributed by atoms with E-state index in [2.05, 4.69) is 47.1 Å². The Labute approximate surface area is 181 Å². The Bertz CT molecular complexity index is 733. The van der Waals surface area contributed by atoms with Crippen LogP contribution in [0, 0.1) is 0 Å². The average molecular weight is 435 g/mol. The lowest BCUT2D eigenvalue weighted by atomic mass is 10.1. The van der Waals surface area contributed by atoms with Crippen LogP contribution in [-0.4, -0.2) is 62.9 Å². The average Bonchev–Trinajstić information content (AvgIpc) is 3.03. The lowest BCUT2D eigenvalue weighted by Crippen LogP contribution is -2.28. The molecular formula is C22H30N2O5S. The lowest BCUT2D eigenvalue weighted by Gasteiger charge is -2.22. The van der Waals surface area contributed by atoms with Gasteiger partial charge in [0.1, 0.15) is 0 Å². The summed E-state index contributed by atoms with van der Waals surface area (Å²) in [6.07, 6.45) is 5.60. The van der Waals surface area contributed by atoms with Gasteiger partial charge in [-0.2, -0.15) is 0 Å². The van der Waals surface area contributed by atoms with E-state index in [0.717, 1.165) is 44.6 Å². The second-order valence-electron chi connectivity index (χ2n) is 6.85. The molecule has 1 atom stereocenters. The monoisotopic (exact) mass is 434 g/mol. The van der Waals surface area contributed by atoms with E-state index in [1.165, 1.54) is 23.7 Å². The van der Waals surface area contributed by atoms with Crippen molar-refractivity contribution in [2.45, 2.75) is 44.8 Å². The van der Waals surface area contributed by atoms with Crippen molar-refractivity contribution in [1.82, 2.24) is 4.90 Å². The van der Waals surface area contributed by atoms with Gasteiger partial charge >= 0.3 is 17.2 Å². The molecule has 1 heterocycles. The van der Waals surface area contributed by atoms with E-state index >= 15 is 0 Å². The number of rotatable bonds is 11. The number of carbonyl (C=O) groups is 3. The van der Waals surface area contributed by atoms with Gasteiger partial charge in [0.2, 0.25) is 0 Å².